The summed E-state index contributed by atoms with van der Waals surface area (Å²) in [5.74, 6) is 0. The van der Waals surface area contributed by atoms with Gasteiger partial charge in [-0.3, -0.25) is 4.98 Å². The molecule has 1 fully saturated rings. The van der Waals surface area contributed by atoms with Crippen LogP contribution in [0.1, 0.15) is 31.2 Å². The van der Waals surface area contributed by atoms with Gasteiger partial charge in [-0.2, -0.15) is 0 Å². The average Bonchev–Trinajstić information content (AvgIpc) is 2.23. The second-order valence-electron chi connectivity index (χ2n) is 4.12. The van der Waals surface area contributed by atoms with E-state index in [1.807, 2.05) is 6.07 Å². The van der Waals surface area contributed by atoms with Gasteiger partial charge in [0.15, 0.2) is 0 Å². The molecule has 0 bridgehead atoms. The quantitative estimate of drug-likeness (QED) is 0.776. The van der Waals surface area contributed by atoms with Crippen LogP contribution >= 0.6 is 22.6 Å². The minimum absolute atomic E-state index is 0.246. The minimum Gasteiger partial charge on any atom is -0.393 e. The molecule has 1 aliphatic rings. The number of halogens is 1. The molecule has 0 aromatic carbocycles. The summed E-state index contributed by atoms with van der Waals surface area (Å²) < 4.78 is 0.994. The lowest BCUT2D eigenvalue weighted by Crippen LogP contribution is -2.34. The first-order valence-electron chi connectivity index (χ1n) is 5.12. The minimum atomic E-state index is -0.765. The Balaban J connectivity index is 2.26. The molecule has 0 spiro atoms. The van der Waals surface area contributed by atoms with Crippen LogP contribution in [0.4, 0.5) is 0 Å². The number of pyridine rings is 1. The number of nitrogens with zero attached hydrogens (tertiary/aromatic N) is 1. The van der Waals surface area contributed by atoms with Gasteiger partial charge in [0.2, 0.25) is 0 Å². The SMILES string of the molecule is OC1CCC(O)(c2ccncc2I)CC1. The maximum absolute atomic E-state index is 10.5. The van der Waals surface area contributed by atoms with Gasteiger partial charge in [0.1, 0.15) is 0 Å². The second-order valence-corrected chi connectivity index (χ2v) is 5.28. The van der Waals surface area contributed by atoms with Crippen LogP contribution < -0.4 is 0 Å². The van der Waals surface area contributed by atoms with Crippen molar-refractivity contribution in [1.29, 1.82) is 0 Å². The summed E-state index contributed by atoms with van der Waals surface area (Å²) in [5, 5.41) is 19.9. The van der Waals surface area contributed by atoms with Crippen molar-refractivity contribution in [2.45, 2.75) is 37.4 Å². The second kappa shape index (κ2) is 4.35. The van der Waals surface area contributed by atoms with Crippen molar-refractivity contribution in [3.8, 4) is 0 Å². The zero-order chi connectivity index (χ0) is 10.9. The molecular formula is C11H14INO2. The predicted molar refractivity (Wildman–Crippen MR) is 65.3 cm³/mol. The highest BCUT2D eigenvalue weighted by Crippen LogP contribution is 2.38. The van der Waals surface area contributed by atoms with Crippen LogP contribution in [0, 0.1) is 3.57 Å². The number of aliphatic hydroxyl groups excluding tert-OH is 1. The van der Waals surface area contributed by atoms with Gasteiger partial charge >= 0.3 is 0 Å². The van der Waals surface area contributed by atoms with Gasteiger partial charge in [-0.15, -0.1) is 0 Å². The Morgan fingerprint density at radius 2 is 2.07 bits per heavy atom. The molecule has 0 radical (unpaired) electrons. The Kier molecular flexibility index (Phi) is 3.27. The lowest BCUT2D eigenvalue weighted by atomic mass is 9.79. The third-order valence-electron chi connectivity index (χ3n) is 3.06. The Labute approximate surface area is 103 Å². The first kappa shape index (κ1) is 11.3. The van der Waals surface area contributed by atoms with Crippen LogP contribution in [0.15, 0.2) is 18.5 Å². The van der Waals surface area contributed by atoms with Crippen LogP contribution in [-0.4, -0.2) is 21.3 Å². The van der Waals surface area contributed by atoms with Crippen molar-refractivity contribution in [3.05, 3.63) is 27.6 Å². The summed E-state index contributed by atoms with van der Waals surface area (Å²) in [7, 11) is 0. The van der Waals surface area contributed by atoms with Gasteiger partial charge in [0, 0.05) is 16.0 Å². The van der Waals surface area contributed by atoms with Gasteiger partial charge in [-0.1, -0.05) is 0 Å². The molecule has 0 atom stereocenters. The van der Waals surface area contributed by atoms with Gasteiger partial charge < -0.3 is 10.2 Å². The Hall–Kier alpha value is -0.200. The average molecular weight is 319 g/mol. The van der Waals surface area contributed by atoms with Crippen molar-refractivity contribution in [2.24, 2.45) is 0 Å². The summed E-state index contributed by atoms with van der Waals surface area (Å²) in [4.78, 5) is 4.02. The van der Waals surface area contributed by atoms with Crippen LogP contribution in [0.2, 0.25) is 0 Å². The molecule has 0 amide bonds. The van der Waals surface area contributed by atoms with Gasteiger partial charge in [-0.25, -0.2) is 0 Å². The summed E-state index contributed by atoms with van der Waals surface area (Å²) in [6.45, 7) is 0. The number of hydrogen-bond acceptors (Lipinski definition) is 3. The molecule has 1 heterocycles. The fourth-order valence-corrected chi connectivity index (χ4v) is 2.94. The molecule has 82 valence electrons. The number of hydrogen-bond donors (Lipinski definition) is 2. The molecule has 2 rings (SSSR count). The fourth-order valence-electron chi connectivity index (χ4n) is 2.10. The molecule has 15 heavy (non-hydrogen) atoms. The molecule has 2 N–H and O–H groups in total. The van der Waals surface area contributed by atoms with E-state index in [2.05, 4.69) is 27.6 Å². The van der Waals surface area contributed by atoms with Crippen LogP contribution in [0.3, 0.4) is 0 Å². The van der Waals surface area contributed by atoms with E-state index >= 15 is 0 Å². The number of aliphatic hydroxyl groups is 2. The summed E-state index contributed by atoms with van der Waals surface area (Å²) in [6.07, 6.45) is 5.84. The highest BCUT2D eigenvalue weighted by atomic mass is 127. The third-order valence-corrected chi connectivity index (χ3v) is 3.92. The topological polar surface area (TPSA) is 53.4 Å². The van der Waals surface area contributed by atoms with Crippen molar-refractivity contribution in [1.82, 2.24) is 4.98 Å². The molecule has 0 saturated heterocycles. The monoisotopic (exact) mass is 319 g/mol. The number of aromatic nitrogens is 1. The highest BCUT2D eigenvalue weighted by Gasteiger charge is 2.35. The van der Waals surface area contributed by atoms with Crippen LogP contribution in [-0.2, 0) is 5.60 Å². The van der Waals surface area contributed by atoms with Crippen molar-refractivity contribution in [3.63, 3.8) is 0 Å². The van der Waals surface area contributed by atoms with Crippen LogP contribution in [0.25, 0.3) is 0 Å². The van der Waals surface area contributed by atoms with Crippen molar-refractivity contribution in [2.75, 3.05) is 0 Å². The molecule has 0 aliphatic heterocycles. The van der Waals surface area contributed by atoms with E-state index in [4.69, 9.17) is 0 Å². The molecule has 1 aromatic rings. The predicted octanol–water partition coefficient (Wildman–Crippen LogP) is 1.81. The fraction of sp³-hybridized carbons (Fsp3) is 0.545. The zero-order valence-electron chi connectivity index (χ0n) is 8.36. The molecule has 1 aliphatic carbocycles. The van der Waals surface area contributed by atoms with Gasteiger partial charge in [0.05, 0.1) is 11.7 Å². The summed E-state index contributed by atoms with van der Waals surface area (Å²) in [6, 6.07) is 1.87. The van der Waals surface area contributed by atoms with Crippen molar-refractivity contribution < 1.29 is 10.2 Å². The van der Waals surface area contributed by atoms with Crippen molar-refractivity contribution >= 4 is 22.6 Å². The summed E-state index contributed by atoms with van der Waals surface area (Å²) in [5.41, 5.74) is 0.184. The molecule has 3 nitrogen and oxygen atoms in total. The molecule has 4 heteroatoms. The highest BCUT2D eigenvalue weighted by molar-refractivity contribution is 14.1. The van der Waals surface area contributed by atoms with Gasteiger partial charge in [-0.05, 0) is 59.9 Å². The molecule has 1 saturated carbocycles. The normalized spacial score (nSPS) is 31.5. The van der Waals surface area contributed by atoms with E-state index in [1.54, 1.807) is 12.4 Å². The zero-order valence-corrected chi connectivity index (χ0v) is 10.5. The van der Waals surface area contributed by atoms with E-state index in [-0.39, 0.29) is 6.10 Å². The maximum Gasteiger partial charge on any atom is 0.0909 e. The Morgan fingerprint density at radius 1 is 1.40 bits per heavy atom. The molecule has 1 aromatic heterocycles. The van der Waals surface area contributed by atoms with E-state index < -0.39 is 5.60 Å². The Bertz CT molecular complexity index is 348. The number of rotatable bonds is 1. The van der Waals surface area contributed by atoms with E-state index in [9.17, 15) is 10.2 Å². The first-order valence-corrected chi connectivity index (χ1v) is 6.20. The van der Waals surface area contributed by atoms with Crippen LogP contribution in [0.5, 0.6) is 0 Å². The maximum atomic E-state index is 10.5. The molecular weight excluding hydrogens is 305 g/mol. The smallest absolute Gasteiger partial charge is 0.0909 e. The van der Waals surface area contributed by atoms with E-state index in [1.165, 1.54) is 0 Å². The van der Waals surface area contributed by atoms with E-state index in [0.29, 0.717) is 25.7 Å². The Morgan fingerprint density at radius 3 is 2.67 bits per heavy atom. The molecule has 0 unspecified atom stereocenters. The standard InChI is InChI=1S/C11H14INO2/c12-10-7-13-6-3-9(10)11(15)4-1-8(14)2-5-11/h3,6-8,14-15H,1-2,4-5H2. The van der Waals surface area contributed by atoms with E-state index in [0.717, 1.165) is 9.13 Å². The van der Waals surface area contributed by atoms with Gasteiger partial charge in [0.25, 0.3) is 0 Å². The largest absolute Gasteiger partial charge is 0.393 e. The lowest BCUT2D eigenvalue weighted by Gasteiger charge is -2.35. The summed E-state index contributed by atoms with van der Waals surface area (Å²) >= 11 is 2.19. The third kappa shape index (κ3) is 2.32. The lowest BCUT2D eigenvalue weighted by molar-refractivity contribution is -0.0367. The first-order chi connectivity index (χ1) is 7.12.